The van der Waals surface area contributed by atoms with Crippen LogP contribution < -0.4 is 0 Å². The summed E-state index contributed by atoms with van der Waals surface area (Å²) in [6.07, 6.45) is 4.36. The van der Waals surface area contributed by atoms with E-state index in [2.05, 4.69) is 58.9 Å². The Bertz CT molecular complexity index is 333. The highest BCUT2D eigenvalue weighted by Gasteiger charge is 2.44. The maximum atomic E-state index is 10.1. The van der Waals surface area contributed by atoms with Crippen molar-refractivity contribution >= 4 is 31.9 Å². The first-order valence-corrected chi connectivity index (χ1v) is 8.27. The van der Waals surface area contributed by atoms with Gasteiger partial charge in [-0.05, 0) is 37.5 Å². The fourth-order valence-electron chi connectivity index (χ4n) is 2.65. The Morgan fingerprint density at radius 1 is 1.50 bits per heavy atom. The molecular formula is C15H24Br2O. The highest BCUT2D eigenvalue weighted by atomic mass is 79.9. The molecule has 0 bridgehead atoms. The number of hydrogen-bond donors (Lipinski definition) is 1. The summed E-state index contributed by atoms with van der Waals surface area (Å²) in [5.74, 6) is 0.409. The predicted molar refractivity (Wildman–Crippen MR) is 86.5 cm³/mol. The van der Waals surface area contributed by atoms with Crippen molar-refractivity contribution in [2.45, 2.75) is 55.3 Å². The van der Waals surface area contributed by atoms with E-state index in [1.165, 1.54) is 5.57 Å². The standard InChI is InChI=1S/C15H24Br2O/c1-6-15(5,18)8-7-11-10(2)12(16)9-13(17)14(11,3)4/h6,11-13,18H,1-2,7-9H2,3-5H3/t11-,12+,13+,15?/m0/s1. The molecule has 0 amide bonds. The zero-order valence-electron chi connectivity index (χ0n) is 11.5. The normalized spacial score (nSPS) is 35.0. The molecule has 1 aliphatic carbocycles. The van der Waals surface area contributed by atoms with E-state index in [4.69, 9.17) is 0 Å². The van der Waals surface area contributed by atoms with Crippen molar-refractivity contribution in [1.82, 2.24) is 0 Å². The van der Waals surface area contributed by atoms with Gasteiger partial charge in [0.25, 0.3) is 0 Å². The Morgan fingerprint density at radius 2 is 2.06 bits per heavy atom. The molecule has 0 aromatic carbocycles. The number of rotatable bonds is 4. The zero-order chi connectivity index (χ0) is 14.1. The van der Waals surface area contributed by atoms with Crippen LogP contribution in [0.25, 0.3) is 0 Å². The Morgan fingerprint density at radius 3 is 2.56 bits per heavy atom. The minimum atomic E-state index is -0.780. The monoisotopic (exact) mass is 378 g/mol. The van der Waals surface area contributed by atoms with Gasteiger partial charge >= 0.3 is 0 Å². The Kier molecular flexibility index (Phi) is 5.30. The van der Waals surface area contributed by atoms with E-state index in [1.54, 1.807) is 6.08 Å². The van der Waals surface area contributed by atoms with Crippen molar-refractivity contribution in [1.29, 1.82) is 0 Å². The van der Waals surface area contributed by atoms with Crippen LogP contribution in [0.1, 0.15) is 40.0 Å². The Hall–Kier alpha value is 0.400. The lowest BCUT2D eigenvalue weighted by atomic mass is 9.64. The third-order valence-corrected chi connectivity index (χ3v) is 6.86. The molecule has 1 fully saturated rings. The van der Waals surface area contributed by atoms with Gasteiger partial charge in [-0.25, -0.2) is 0 Å². The van der Waals surface area contributed by atoms with E-state index >= 15 is 0 Å². The summed E-state index contributed by atoms with van der Waals surface area (Å²) in [4.78, 5) is 0.840. The quantitative estimate of drug-likeness (QED) is 0.547. The summed E-state index contributed by atoms with van der Waals surface area (Å²) < 4.78 is 0. The van der Waals surface area contributed by atoms with Gasteiger partial charge < -0.3 is 5.11 Å². The Labute approximate surface area is 128 Å². The number of allylic oxidation sites excluding steroid dienone is 1. The topological polar surface area (TPSA) is 20.2 Å². The van der Waals surface area contributed by atoms with Crippen LogP contribution >= 0.6 is 31.9 Å². The van der Waals surface area contributed by atoms with Gasteiger partial charge in [-0.15, -0.1) is 6.58 Å². The van der Waals surface area contributed by atoms with E-state index < -0.39 is 5.60 Å². The summed E-state index contributed by atoms with van der Waals surface area (Å²) in [5, 5.41) is 10.1. The van der Waals surface area contributed by atoms with Crippen molar-refractivity contribution in [2.24, 2.45) is 11.3 Å². The van der Waals surface area contributed by atoms with Gasteiger partial charge in [0.1, 0.15) is 0 Å². The second kappa shape index (κ2) is 5.80. The van der Waals surface area contributed by atoms with Crippen LogP contribution in [0.3, 0.4) is 0 Å². The molecule has 1 unspecified atom stereocenters. The molecule has 1 nitrogen and oxygen atoms in total. The smallest absolute Gasteiger partial charge is 0.0797 e. The highest BCUT2D eigenvalue weighted by molar-refractivity contribution is 9.10. The highest BCUT2D eigenvalue weighted by Crippen LogP contribution is 2.50. The molecule has 0 saturated heterocycles. The molecule has 0 heterocycles. The van der Waals surface area contributed by atoms with Crippen LogP contribution in [0.2, 0.25) is 0 Å². The van der Waals surface area contributed by atoms with Crippen molar-refractivity contribution in [2.75, 3.05) is 0 Å². The molecule has 0 spiro atoms. The van der Waals surface area contributed by atoms with E-state index in [0.717, 1.165) is 19.3 Å². The summed E-state index contributed by atoms with van der Waals surface area (Å²) >= 11 is 7.51. The molecule has 1 N–H and O–H groups in total. The number of alkyl halides is 2. The molecule has 18 heavy (non-hydrogen) atoms. The molecule has 0 aromatic heterocycles. The van der Waals surface area contributed by atoms with Crippen molar-refractivity contribution in [3.05, 3.63) is 24.8 Å². The molecule has 0 aromatic rings. The van der Waals surface area contributed by atoms with Crippen LogP contribution in [0.4, 0.5) is 0 Å². The molecule has 1 saturated carbocycles. The molecule has 4 atom stereocenters. The lowest BCUT2D eigenvalue weighted by Gasteiger charge is -2.47. The summed E-state index contributed by atoms with van der Waals surface area (Å²) in [6, 6.07) is 0. The third-order valence-electron chi connectivity index (χ3n) is 4.35. The van der Waals surface area contributed by atoms with Crippen LogP contribution in [0, 0.1) is 11.3 Å². The zero-order valence-corrected chi connectivity index (χ0v) is 14.7. The van der Waals surface area contributed by atoms with Crippen LogP contribution in [0.5, 0.6) is 0 Å². The largest absolute Gasteiger partial charge is 0.386 e. The van der Waals surface area contributed by atoms with Gasteiger partial charge in [0.05, 0.1) is 5.60 Å². The number of hydrogen-bond acceptors (Lipinski definition) is 1. The Balaban J connectivity index is 2.82. The molecule has 1 aliphatic rings. The summed E-state index contributed by atoms with van der Waals surface area (Å²) in [6.45, 7) is 14.3. The second-order valence-corrected chi connectivity index (χ2v) is 8.43. The first-order valence-electron chi connectivity index (χ1n) is 6.44. The number of halogens is 2. The lowest BCUT2D eigenvalue weighted by molar-refractivity contribution is 0.0818. The average Bonchev–Trinajstić information content (AvgIpc) is 2.26. The minimum absolute atomic E-state index is 0.165. The van der Waals surface area contributed by atoms with E-state index in [-0.39, 0.29) is 5.41 Å². The van der Waals surface area contributed by atoms with Gasteiger partial charge in [0, 0.05) is 9.65 Å². The van der Waals surface area contributed by atoms with Gasteiger partial charge in [0.15, 0.2) is 0 Å². The number of aliphatic hydroxyl groups is 1. The van der Waals surface area contributed by atoms with Crippen molar-refractivity contribution in [3.63, 3.8) is 0 Å². The minimum Gasteiger partial charge on any atom is -0.386 e. The van der Waals surface area contributed by atoms with Gasteiger partial charge in [-0.2, -0.15) is 0 Å². The fourth-order valence-corrected chi connectivity index (χ4v) is 4.53. The van der Waals surface area contributed by atoms with Crippen LogP contribution in [-0.4, -0.2) is 20.4 Å². The first-order chi connectivity index (χ1) is 8.12. The predicted octanol–water partition coefficient (Wildman–Crippen LogP) is 4.83. The van der Waals surface area contributed by atoms with Gasteiger partial charge in [-0.1, -0.05) is 63.9 Å². The van der Waals surface area contributed by atoms with Gasteiger partial charge in [-0.3, -0.25) is 0 Å². The second-order valence-electron chi connectivity index (χ2n) is 6.22. The van der Waals surface area contributed by atoms with Crippen LogP contribution in [-0.2, 0) is 0 Å². The molecule has 104 valence electrons. The molecule has 1 rings (SSSR count). The first kappa shape index (κ1) is 16.5. The molecule has 3 heteroatoms. The average molecular weight is 380 g/mol. The van der Waals surface area contributed by atoms with E-state index in [1.807, 2.05) is 6.92 Å². The lowest BCUT2D eigenvalue weighted by Crippen LogP contribution is -2.43. The summed E-state index contributed by atoms with van der Waals surface area (Å²) in [5.41, 5.74) is 0.645. The molecular weight excluding hydrogens is 356 g/mol. The molecule has 0 radical (unpaired) electrons. The SMILES string of the molecule is C=CC(C)(O)CC[C@H]1C(=C)[C@H](Br)C[C@@H](Br)C1(C)C. The maximum Gasteiger partial charge on any atom is 0.0797 e. The fraction of sp³-hybridized carbons (Fsp3) is 0.733. The molecule has 0 aliphatic heterocycles. The van der Waals surface area contributed by atoms with Crippen molar-refractivity contribution < 1.29 is 5.11 Å². The summed E-state index contributed by atoms with van der Waals surface area (Å²) in [7, 11) is 0. The van der Waals surface area contributed by atoms with E-state index in [0.29, 0.717) is 15.6 Å². The maximum absolute atomic E-state index is 10.1. The van der Waals surface area contributed by atoms with Crippen LogP contribution in [0.15, 0.2) is 24.8 Å². The van der Waals surface area contributed by atoms with Gasteiger partial charge in [0.2, 0.25) is 0 Å². The van der Waals surface area contributed by atoms with E-state index in [9.17, 15) is 5.11 Å². The third kappa shape index (κ3) is 3.49. The van der Waals surface area contributed by atoms with Crippen molar-refractivity contribution in [3.8, 4) is 0 Å².